The normalized spacial score (nSPS) is 16.9. The lowest BCUT2D eigenvalue weighted by molar-refractivity contribution is -0.121. The number of anilines is 1. The first kappa shape index (κ1) is 20.5. The molecule has 7 heteroatoms. The van der Waals surface area contributed by atoms with Crippen LogP contribution in [0.4, 0.5) is 5.69 Å². The molecule has 2 rings (SSSR count). The maximum Gasteiger partial charge on any atom is 0.221 e. The Bertz CT molecular complexity index is 448. The molecule has 1 amide bonds. The Labute approximate surface area is 147 Å². The van der Waals surface area contributed by atoms with Gasteiger partial charge >= 0.3 is 0 Å². The Kier molecular flexibility index (Phi) is 10.0. The van der Waals surface area contributed by atoms with Crippen LogP contribution in [0.5, 0.6) is 0 Å². The molecule has 0 aliphatic carbocycles. The van der Waals surface area contributed by atoms with Crippen molar-refractivity contribution in [2.45, 2.75) is 18.9 Å². The minimum Gasteiger partial charge on any atom is -0.368 e. The number of rotatable bonds is 5. The number of hydrogen-bond acceptors (Lipinski definition) is 3. The van der Waals surface area contributed by atoms with E-state index in [0.717, 1.165) is 30.5 Å². The van der Waals surface area contributed by atoms with Gasteiger partial charge in [0.25, 0.3) is 0 Å². The molecule has 0 saturated carbocycles. The molecule has 2 N–H and O–H groups in total. The number of para-hydroxylation sites is 1. The molecular weight excluding hydrogens is 377 g/mol. The fraction of sp³-hybridized carbons (Fsp3) is 0.500. The summed E-state index contributed by atoms with van der Waals surface area (Å²) in [4.78, 5) is 14.0. The van der Waals surface area contributed by atoms with E-state index in [1.54, 1.807) is 0 Å². The van der Waals surface area contributed by atoms with Crippen molar-refractivity contribution in [1.29, 1.82) is 0 Å². The minimum absolute atomic E-state index is 0. The van der Waals surface area contributed by atoms with Crippen molar-refractivity contribution in [2.75, 3.05) is 31.6 Å². The second-order valence-corrected chi connectivity index (χ2v) is 5.66. The highest BCUT2D eigenvalue weighted by molar-refractivity contribution is 9.10. The van der Waals surface area contributed by atoms with E-state index in [1.165, 1.54) is 5.69 Å². The maximum absolute atomic E-state index is 11.7. The summed E-state index contributed by atoms with van der Waals surface area (Å²) in [5.74, 6) is 0.133. The SMILES string of the molecule is CNCCC(=O)NC1CCN(c2ccccc2Br)C1.Cl.Cl. The fourth-order valence-corrected chi connectivity index (χ4v) is 2.88. The molecule has 4 nitrogen and oxygen atoms in total. The van der Waals surface area contributed by atoms with E-state index in [-0.39, 0.29) is 36.8 Å². The number of nitrogens with zero attached hydrogens (tertiary/aromatic N) is 1. The van der Waals surface area contributed by atoms with E-state index >= 15 is 0 Å². The molecule has 1 aliphatic rings. The van der Waals surface area contributed by atoms with Gasteiger partial charge in [-0.15, -0.1) is 24.8 Å². The van der Waals surface area contributed by atoms with Gasteiger partial charge in [0.1, 0.15) is 0 Å². The van der Waals surface area contributed by atoms with Crippen LogP contribution in [0.3, 0.4) is 0 Å². The Hall–Kier alpha value is -0.490. The van der Waals surface area contributed by atoms with E-state index in [1.807, 2.05) is 25.2 Å². The number of nitrogens with one attached hydrogen (secondary N) is 2. The number of benzene rings is 1. The van der Waals surface area contributed by atoms with Crippen LogP contribution >= 0.6 is 40.7 Å². The molecule has 0 aromatic heterocycles. The number of halogens is 3. The summed E-state index contributed by atoms with van der Waals surface area (Å²) in [7, 11) is 1.86. The van der Waals surface area contributed by atoms with Gasteiger partial charge in [0.15, 0.2) is 0 Å². The Morgan fingerprint density at radius 3 is 2.76 bits per heavy atom. The second-order valence-electron chi connectivity index (χ2n) is 4.80. The first-order chi connectivity index (χ1) is 9.20. The third-order valence-electron chi connectivity index (χ3n) is 3.35. The topological polar surface area (TPSA) is 44.4 Å². The highest BCUT2D eigenvalue weighted by Crippen LogP contribution is 2.28. The highest BCUT2D eigenvalue weighted by Gasteiger charge is 2.24. The second kappa shape index (κ2) is 10.3. The van der Waals surface area contributed by atoms with E-state index in [9.17, 15) is 4.79 Å². The van der Waals surface area contributed by atoms with E-state index in [4.69, 9.17) is 0 Å². The Balaban J connectivity index is 0.00000200. The lowest BCUT2D eigenvalue weighted by Crippen LogP contribution is -2.38. The molecule has 21 heavy (non-hydrogen) atoms. The fourth-order valence-electron chi connectivity index (χ4n) is 2.34. The maximum atomic E-state index is 11.7. The molecule has 1 fully saturated rings. The van der Waals surface area contributed by atoms with E-state index in [2.05, 4.69) is 37.5 Å². The van der Waals surface area contributed by atoms with Gasteiger partial charge in [0.05, 0.1) is 5.69 Å². The summed E-state index contributed by atoms with van der Waals surface area (Å²) < 4.78 is 1.11. The zero-order valence-corrected chi connectivity index (χ0v) is 15.2. The van der Waals surface area contributed by atoms with Crippen LogP contribution in [-0.2, 0) is 4.79 Å². The van der Waals surface area contributed by atoms with Gasteiger partial charge in [-0.2, -0.15) is 0 Å². The Morgan fingerprint density at radius 1 is 1.38 bits per heavy atom. The van der Waals surface area contributed by atoms with Gasteiger partial charge in [0.2, 0.25) is 5.91 Å². The largest absolute Gasteiger partial charge is 0.368 e. The highest BCUT2D eigenvalue weighted by atomic mass is 79.9. The van der Waals surface area contributed by atoms with Crippen LogP contribution < -0.4 is 15.5 Å². The molecule has 1 saturated heterocycles. The molecule has 0 radical (unpaired) electrons. The van der Waals surface area contributed by atoms with Crippen LogP contribution in [0.1, 0.15) is 12.8 Å². The average molecular weight is 399 g/mol. The summed E-state index contributed by atoms with van der Waals surface area (Å²) in [5, 5.41) is 6.09. The van der Waals surface area contributed by atoms with Crippen molar-refractivity contribution in [3.63, 3.8) is 0 Å². The van der Waals surface area contributed by atoms with Crippen molar-refractivity contribution in [3.05, 3.63) is 28.7 Å². The van der Waals surface area contributed by atoms with E-state index in [0.29, 0.717) is 6.42 Å². The summed E-state index contributed by atoms with van der Waals surface area (Å²) in [6.45, 7) is 2.60. The van der Waals surface area contributed by atoms with Crippen LogP contribution in [0.2, 0.25) is 0 Å². The van der Waals surface area contributed by atoms with Crippen LogP contribution in [0.15, 0.2) is 28.7 Å². The van der Waals surface area contributed by atoms with Gasteiger partial charge in [-0.3, -0.25) is 4.79 Å². The molecule has 1 aromatic carbocycles. The van der Waals surface area contributed by atoms with Crippen molar-refractivity contribution < 1.29 is 4.79 Å². The summed E-state index contributed by atoms with van der Waals surface area (Å²) in [5.41, 5.74) is 1.20. The van der Waals surface area contributed by atoms with Crippen molar-refractivity contribution >= 4 is 52.3 Å². The third-order valence-corrected chi connectivity index (χ3v) is 4.02. The zero-order chi connectivity index (χ0) is 13.7. The summed E-state index contributed by atoms with van der Waals surface area (Å²) in [6, 6.07) is 8.47. The monoisotopic (exact) mass is 397 g/mol. The Morgan fingerprint density at radius 2 is 2.10 bits per heavy atom. The lowest BCUT2D eigenvalue weighted by Gasteiger charge is -2.20. The molecule has 0 spiro atoms. The van der Waals surface area contributed by atoms with Crippen LogP contribution in [0, 0.1) is 0 Å². The van der Waals surface area contributed by atoms with E-state index < -0.39 is 0 Å². The molecule has 1 aliphatic heterocycles. The molecule has 120 valence electrons. The molecule has 1 aromatic rings. The smallest absolute Gasteiger partial charge is 0.221 e. The first-order valence-electron chi connectivity index (χ1n) is 6.64. The first-order valence-corrected chi connectivity index (χ1v) is 7.43. The van der Waals surface area contributed by atoms with Gasteiger partial charge in [0, 0.05) is 36.6 Å². The van der Waals surface area contributed by atoms with Crippen LogP contribution in [-0.4, -0.2) is 38.6 Å². The van der Waals surface area contributed by atoms with Crippen molar-refractivity contribution in [3.8, 4) is 0 Å². The number of carbonyl (C=O) groups excluding carboxylic acids is 1. The quantitative estimate of drug-likeness (QED) is 0.801. The molecule has 1 heterocycles. The number of amides is 1. The molecular formula is C14H22BrCl2N3O. The minimum atomic E-state index is 0. The van der Waals surface area contributed by atoms with Gasteiger partial charge in [-0.1, -0.05) is 12.1 Å². The lowest BCUT2D eigenvalue weighted by atomic mass is 10.2. The predicted molar refractivity (Wildman–Crippen MR) is 95.9 cm³/mol. The van der Waals surface area contributed by atoms with Crippen molar-refractivity contribution in [2.24, 2.45) is 0 Å². The summed E-state index contributed by atoms with van der Waals surface area (Å²) in [6.07, 6.45) is 1.55. The molecule has 0 bridgehead atoms. The van der Waals surface area contributed by atoms with Gasteiger partial charge in [-0.05, 0) is 41.5 Å². The predicted octanol–water partition coefficient (Wildman–Crippen LogP) is 2.60. The number of hydrogen-bond donors (Lipinski definition) is 2. The standard InChI is InChI=1S/C14H20BrN3O.2ClH/c1-16-8-6-14(19)17-11-7-9-18(10-11)13-5-3-2-4-12(13)15;;/h2-5,11,16H,6-10H2,1H3,(H,17,19);2*1H. The van der Waals surface area contributed by atoms with Crippen molar-refractivity contribution in [1.82, 2.24) is 10.6 Å². The molecule has 1 unspecified atom stereocenters. The van der Waals surface area contributed by atoms with Crippen LogP contribution in [0.25, 0.3) is 0 Å². The van der Waals surface area contributed by atoms with Gasteiger partial charge in [-0.25, -0.2) is 0 Å². The zero-order valence-electron chi connectivity index (χ0n) is 12.0. The van der Waals surface area contributed by atoms with Gasteiger partial charge < -0.3 is 15.5 Å². The summed E-state index contributed by atoms with van der Waals surface area (Å²) >= 11 is 3.57. The average Bonchev–Trinajstić information content (AvgIpc) is 2.85. The molecule has 1 atom stereocenters. The third kappa shape index (κ3) is 6.02. The number of carbonyl (C=O) groups is 1.